The number of amides is 1. The SMILES string of the molecule is CCc1cnc(CCNC(=O)C(C)CNC)s1.Cl.Cl. The number of hydrogen-bond acceptors (Lipinski definition) is 4. The minimum atomic E-state index is 0. The molecule has 0 bridgehead atoms. The monoisotopic (exact) mass is 327 g/mol. The third kappa shape index (κ3) is 7.72. The molecule has 7 heteroatoms. The third-order valence-corrected chi connectivity index (χ3v) is 3.75. The molecule has 0 aliphatic rings. The highest BCUT2D eigenvalue weighted by Crippen LogP contribution is 2.13. The van der Waals surface area contributed by atoms with Gasteiger partial charge in [-0.15, -0.1) is 36.2 Å². The minimum Gasteiger partial charge on any atom is -0.355 e. The number of nitrogens with zero attached hydrogens (tertiary/aromatic N) is 1. The molecule has 0 saturated carbocycles. The maximum Gasteiger partial charge on any atom is 0.224 e. The molecule has 1 aromatic rings. The van der Waals surface area contributed by atoms with Crippen LogP contribution in [0, 0.1) is 5.92 Å². The van der Waals surface area contributed by atoms with Crippen LogP contribution in [0.25, 0.3) is 0 Å². The van der Waals surface area contributed by atoms with Gasteiger partial charge in [-0.3, -0.25) is 4.79 Å². The molecule has 0 aliphatic carbocycles. The Morgan fingerprint density at radius 3 is 2.68 bits per heavy atom. The standard InChI is InChI=1S/C12H21N3OS.2ClH/c1-4-10-8-15-11(17-10)5-6-14-12(16)9(2)7-13-3;;/h8-9,13H,4-7H2,1-3H3,(H,14,16);2*1H. The molecular weight excluding hydrogens is 305 g/mol. The molecule has 1 rings (SSSR count). The van der Waals surface area contributed by atoms with E-state index >= 15 is 0 Å². The first-order chi connectivity index (χ1) is 8.17. The number of aromatic nitrogens is 1. The average Bonchev–Trinajstić information content (AvgIpc) is 2.77. The molecule has 1 amide bonds. The Labute approximate surface area is 131 Å². The summed E-state index contributed by atoms with van der Waals surface area (Å²) in [7, 11) is 1.85. The van der Waals surface area contributed by atoms with Gasteiger partial charge in [0, 0.05) is 36.5 Å². The van der Waals surface area contributed by atoms with Crippen LogP contribution in [0.5, 0.6) is 0 Å². The van der Waals surface area contributed by atoms with Gasteiger partial charge >= 0.3 is 0 Å². The number of halogens is 2. The molecular formula is C12H23Cl2N3OS. The van der Waals surface area contributed by atoms with E-state index in [2.05, 4.69) is 22.5 Å². The van der Waals surface area contributed by atoms with E-state index in [0.29, 0.717) is 13.1 Å². The molecule has 1 heterocycles. The number of nitrogens with one attached hydrogen (secondary N) is 2. The summed E-state index contributed by atoms with van der Waals surface area (Å²) in [5.41, 5.74) is 0. The lowest BCUT2D eigenvalue weighted by molar-refractivity contribution is -0.124. The summed E-state index contributed by atoms with van der Waals surface area (Å²) < 4.78 is 0. The third-order valence-electron chi connectivity index (χ3n) is 2.55. The maximum atomic E-state index is 11.6. The Balaban J connectivity index is 0. The molecule has 112 valence electrons. The molecule has 0 aliphatic heterocycles. The van der Waals surface area contributed by atoms with Crippen molar-refractivity contribution in [2.24, 2.45) is 5.92 Å². The molecule has 19 heavy (non-hydrogen) atoms. The number of aryl methyl sites for hydroxylation is 1. The Morgan fingerprint density at radius 2 is 2.16 bits per heavy atom. The number of carbonyl (C=O) groups excluding carboxylic acids is 1. The van der Waals surface area contributed by atoms with Crippen LogP contribution < -0.4 is 10.6 Å². The van der Waals surface area contributed by atoms with Crippen LogP contribution in [0.4, 0.5) is 0 Å². The molecule has 2 N–H and O–H groups in total. The highest BCUT2D eigenvalue weighted by atomic mass is 35.5. The van der Waals surface area contributed by atoms with Crippen LogP contribution in [0.3, 0.4) is 0 Å². The Hall–Kier alpha value is -0.360. The van der Waals surface area contributed by atoms with E-state index in [1.54, 1.807) is 11.3 Å². The van der Waals surface area contributed by atoms with E-state index in [9.17, 15) is 4.79 Å². The summed E-state index contributed by atoms with van der Waals surface area (Å²) in [6, 6.07) is 0. The quantitative estimate of drug-likeness (QED) is 0.806. The Morgan fingerprint density at radius 1 is 1.47 bits per heavy atom. The zero-order valence-corrected chi connectivity index (χ0v) is 14.0. The van der Waals surface area contributed by atoms with Crippen molar-refractivity contribution in [3.63, 3.8) is 0 Å². The van der Waals surface area contributed by atoms with Crippen molar-refractivity contribution in [2.45, 2.75) is 26.7 Å². The summed E-state index contributed by atoms with van der Waals surface area (Å²) in [6.45, 7) is 5.43. The van der Waals surface area contributed by atoms with Gasteiger partial charge in [0.25, 0.3) is 0 Å². The van der Waals surface area contributed by atoms with E-state index in [4.69, 9.17) is 0 Å². The zero-order chi connectivity index (χ0) is 12.7. The molecule has 1 atom stereocenters. The molecule has 0 fully saturated rings. The second-order valence-electron chi connectivity index (χ2n) is 4.07. The van der Waals surface area contributed by atoms with E-state index in [1.807, 2.05) is 20.2 Å². The first kappa shape index (κ1) is 20.9. The second kappa shape index (κ2) is 11.5. The average molecular weight is 328 g/mol. The lowest BCUT2D eigenvalue weighted by atomic mass is 10.1. The van der Waals surface area contributed by atoms with Crippen molar-refractivity contribution in [1.29, 1.82) is 0 Å². The minimum absolute atomic E-state index is 0. The van der Waals surface area contributed by atoms with Gasteiger partial charge in [0.1, 0.15) is 0 Å². The van der Waals surface area contributed by atoms with Gasteiger partial charge in [-0.05, 0) is 13.5 Å². The van der Waals surface area contributed by atoms with Gasteiger partial charge in [-0.2, -0.15) is 0 Å². The van der Waals surface area contributed by atoms with Gasteiger partial charge < -0.3 is 10.6 Å². The summed E-state index contributed by atoms with van der Waals surface area (Å²) in [5, 5.41) is 7.03. The van der Waals surface area contributed by atoms with Gasteiger partial charge in [-0.1, -0.05) is 13.8 Å². The van der Waals surface area contributed by atoms with Crippen molar-refractivity contribution in [3.05, 3.63) is 16.1 Å². The van der Waals surface area contributed by atoms with Crippen molar-refractivity contribution < 1.29 is 4.79 Å². The first-order valence-electron chi connectivity index (χ1n) is 6.03. The number of rotatable bonds is 7. The Kier molecular flexibility index (Phi) is 12.6. The van der Waals surface area contributed by atoms with Crippen molar-refractivity contribution in [2.75, 3.05) is 20.1 Å². The van der Waals surface area contributed by atoms with Gasteiger partial charge in [0.05, 0.1) is 5.01 Å². The molecule has 0 spiro atoms. The summed E-state index contributed by atoms with van der Waals surface area (Å²) >= 11 is 1.73. The highest BCUT2D eigenvalue weighted by Gasteiger charge is 2.10. The predicted molar refractivity (Wildman–Crippen MR) is 85.8 cm³/mol. The van der Waals surface area contributed by atoms with Crippen LogP contribution in [-0.2, 0) is 17.6 Å². The topological polar surface area (TPSA) is 54.0 Å². The molecule has 0 aromatic carbocycles. The van der Waals surface area contributed by atoms with Crippen LogP contribution in [0.15, 0.2) is 6.20 Å². The first-order valence-corrected chi connectivity index (χ1v) is 6.84. The second-order valence-corrected chi connectivity index (χ2v) is 5.27. The molecule has 4 nitrogen and oxygen atoms in total. The van der Waals surface area contributed by atoms with Crippen molar-refractivity contribution in [3.8, 4) is 0 Å². The fourth-order valence-corrected chi connectivity index (χ4v) is 2.35. The lowest BCUT2D eigenvalue weighted by Gasteiger charge is -2.10. The summed E-state index contributed by atoms with van der Waals surface area (Å²) in [6.07, 6.45) is 3.78. The largest absolute Gasteiger partial charge is 0.355 e. The Bertz CT molecular complexity index is 360. The van der Waals surface area contributed by atoms with E-state index in [-0.39, 0.29) is 36.6 Å². The summed E-state index contributed by atoms with van der Waals surface area (Å²) in [5.74, 6) is 0.120. The highest BCUT2D eigenvalue weighted by molar-refractivity contribution is 7.11. The number of thiazole rings is 1. The van der Waals surface area contributed by atoms with E-state index in [1.165, 1.54) is 4.88 Å². The maximum absolute atomic E-state index is 11.6. The zero-order valence-electron chi connectivity index (χ0n) is 11.6. The van der Waals surface area contributed by atoms with E-state index in [0.717, 1.165) is 17.8 Å². The molecule has 0 radical (unpaired) electrons. The van der Waals surface area contributed by atoms with Crippen molar-refractivity contribution in [1.82, 2.24) is 15.6 Å². The van der Waals surface area contributed by atoms with Crippen LogP contribution in [0.2, 0.25) is 0 Å². The van der Waals surface area contributed by atoms with Gasteiger partial charge in [0.15, 0.2) is 0 Å². The van der Waals surface area contributed by atoms with Crippen LogP contribution in [-0.4, -0.2) is 31.0 Å². The van der Waals surface area contributed by atoms with E-state index < -0.39 is 0 Å². The molecule has 1 aromatic heterocycles. The van der Waals surface area contributed by atoms with Crippen LogP contribution >= 0.6 is 36.2 Å². The van der Waals surface area contributed by atoms with Crippen molar-refractivity contribution >= 4 is 42.1 Å². The van der Waals surface area contributed by atoms with Gasteiger partial charge in [-0.25, -0.2) is 4.98 Å². The predicted octanol–water partition coefficient (Wildman–Crippen LogP) is 2.06. The fourth-order valence-electron chi connectivity index (χ4n) is 1.49. The smallest absolute Gasteiger partial charge is 0.224 e. The number of hydrogen-bond donors (Lipinski definition) is 2. The normalized spacial score (nSPS) is 11.1. The molecule has 0 saturated heterocycles. The molecule has 1 unspecified atom stereocenters. The fraction of sp³-hybridized carbons (Fsp3) is 0.667. The van der Waals surface area contributed by atoms with Crippen LogP contribution in [0.1, 0.15) is 23.7 Å². The lowest BCUT2D eigenvalue weighted by Crippen LogP contribution is -2.35. The summed E-state index contributed by atoms with van der Waals surface area (Å²) in [4.78, 5) is 17.2. The van der Waals surface area contributed by atoms with Gasteiger partial charge in [0.2, 0.25) is 5.91 Å². The number of carbonyl (C=O) groups is 1.